The van der Waals surface area contributed by atoms with Crippen molar-refractivity contribution in [1.82, 2.24) is 19.9 Å². The average Bonchev–Trinajstić information content (AvgIpc) is 3.94. The Labute approximate surface area is 366 Å². The Morgan fingerprint density at radius 3 is 1.47 bits per heavy atom. The Hall–Kier alpha value is -8.74. The second-order valence-corrected chi connectivity index (χ2v) is 16.2. The number of benzene rings is 8. The molecule has 0 aliphatic heterocycles. The highest BCUT2D eigenvalue weighted by atomic mass is 16.3. The lowest BCUT2D eigenvalue weighted by atomic mass is 9.93. The van der Waals surface area contributed by atoms with Crippen molar-refractivity contribution >= 4 is 65.7 Å². The third kappa shape index (κ3) is 6.11. The Bertz CT molecular complexity index is 3830. The number of pyridine rings is 2. The van der Waals surface area contributed by atoms with E-state index < -0.39 is 0 Å². The summed E-state index contributed by atoms with van der Waals surface area (Å²) in [5, 5.41) is 6.47. The molecule has 298 valence electrons. The Kier molecular flexibility index (Phi) is 8.11. The van der Waals surface area contributed by atoms with E-state index in [1.54, 1.807) is 0 Å². The Morgan fingerprint density at radius 2 is 0.797 bits per heavy atom. The predicted molar refractivity (Wildman–Crippen MR) is 260 cm³/mol. The summed E-state index contributed by atoms with van der Waals surface area (Å²) in [5.74, 6) is 0.633. The third-order valence-corrected chi connectivity index (χ3v) is 12.3. The van der Waals surface area contributed by atoms with Crippen LogP contribution in [0.15, 0.2) is 215 Å². The molecular weight excluding hydrogens is 785 g/mol. The molecule has 0 fully saturated rings. The molecule has 0 N–H and O–H groups in total. The molecule has 0 amide bonds. The fraction of sp³-hybridized carbons (Fsp3) is 0. The van der Waals surface area contributed by atoms with Crippen LogP contribution in [-0.4, -0.2) is 19.9 Å². The van der Waals surface area contributed by atoms with Crippen molar-refractivity contribution in [3.63, 3.8) is 0 Å². The van der Waals surface area contributed by atoms with Crippen LogP contribution in [0.5, 0.6) is 0 Å². The van der Waals surface area contributed by atoms with E-state index in [1.807, 2.05) is 54.7 Å². The van der Waals surface area contributed by atoms with E-state index in [-0.39, 0.29) is 0 Å². The molecule has 5 heterocycles. The number of fused-ring (bicyclic) bond motifs is 9. The fourth-order valence-electron chi connectivity index (χ4n) is 9.08. The number of aromatic nitrogens is 4. The van der Waals surface area contributed by atoms with Crippen LogP contribution in [0.3, 0.4) is 0 Å². The minimum Gasteiger partial charge on any atom is -0.456 e. The average molecular weight is 819 g/mol. The fourth-order valence-corrected chi connectivity index (χ4v) is 9.08. The summed E-state index contributed by atoms with van der Waals surface area (Å²) >= 11 is 0. The molecule has 64 heavy (non-hydrogen) atoms. The first-order valence-corrected chi connectivity index (χ1v) is 21.3. The zero-order valence-electron chi connectivity index (χ0n) is 34.2. The largest absolute Gasteiger partial charge is 0.456 e. The second kappa shape index (κ2) is 14.4. The summed E-state index contributed by atoms with van der Waals surface area (Å²) in [6.07, 6.45) is 1.82. The van der Waals surface area contributed by atoms with Crippen LogP contribution in [0.25, 0.3) is 133 Å². The molecule has 0 spiro atoms. The van der Waals surface area contributed by atoms with Gasteiger partial charge in [0.15, 0.2) is 5.82 Å². The third-order valence-electron chi connectivity index (χ3n) is 12.3. The summed E-state index contributed by atoms with van der Waals surface area (Å²) in [6, 6.07) is 69.3. The van der Waals surface area contributed by atoms with E-state index in [4.69, 9.17) is 23.8 Å². The zero-order chi connectivity index (χ0) is 42.1. The minimum absolute atomic E-state index is 0.633. The second-order valence-electron chi connectivity index (χ2n) is 16.2. The van der Waals surface area contributed by atoms with Crippen molar-refractivity contribution < 1.29 is 8.83 Å². The summed E-state index contributed by atoms with van der Waals surface area (Å²) in [7, 11) is 0. The van der Waals surface area contributed by atoms with Gasteiger partial charge >= 0.3 is 0 Å². The molecule has 0 unspecified atom stereocenters. The van der Waals surface area contributed by atoms with E-state index in [0.29, 0.717) is 5.82 Å². The van der Waals surface area contributed by atoms with Gasteiger partial charge in [-0.2, -0.15) is 0 Å². The SMILES string of the molecule is c1ccc(-c2cc(-c3cc(-c4ccc5oc6ccccc6c5c4)cc(-c4ccc5oc6ccccc6c5c4)c3)nc(-c3ccc(-c4ccc5ccc6cccnc6c5n4)cc3)n2)cc1. The normalized spacial score (nSPS) is 11.8. The van der Waals surface area contributed by atoms with Gasteiger partial charge in [-0.15, -0.1) is 0 Å². The number of nitrogens with zero attached hydrogens (tertiary/aromatic N) is 4. The molecule has 13 aromatic rings. The lowest BCUT2D eigenvalue weighted by Gasteiger charge is -2.14. The molecule has 0 aliphatic carbocycles. The molecule has 0 radical (unpaired) electrons. The molecule has 0 bridgehead atoms. The molecule has 5 aromatic heterocycles. The van der Waals surface area contributed by atoms with Gasteiger partial charge in [0.2, 0.25) is 0 Å². The number of hydrogen-bond donors (Lipinski definition) is 0. The maximum Gasteiger partial charge on any atom is 0.160 e. The van der Waals surface area contributed by atoms with E-state index in [0.717, 1.165) is 127 Å². The van der Waals surface area contributed by atoms with Crippen LogP contribution in [0.4, 0.5) is 0 Å². The van der Waals surface area contributed by atoms with Crippen LogP contribution in [0.1, 0.15) is 0 Å². The summed E-state index contributed by atoms with van der Waals surface area (Å²) in [5.41, 5.74) is 16.0. The standard InChI is InChI=1S/C58H34N4O2/c1-2-9-35(10-3-1)50-34-51(62-58(61-50)39-20-16-36(17-21-39)49-25-22-38-19-18-37-11-8-28-59-56(37)57(38)60-49)44-30-42(40-23-26-54-47(32-40)45-12-4-6-14-52(45)63-54)29-43(31-44)41-24-27-55-48(33-41)46-13-5-7-15-53(46)64-55/h1-34H. The topological polar surface area (TPSA) is 77.8 Å². The summed E-state index contributed by atoms with van der Waals surface area (Å²) < 4.78 is 12.5. The minimum atomic E-state index is 0.633. The maximum atomic E-state index is 6.24. The van der Waals surface area contributed by atoms with Gasteiger partial charge in [-0.1, -0.05) is 127 Å². The van der Waals surface area contributed by atoms with Gasteiger partial charge in [-0.05, 0) is 95.1 Å². The van der Waals surface area contributed by atoms with Gasteiger partial charge in [0, 0.05) is 60.8 Å². The van der Waals surface area contributed by atoms with Crippen LogP contribution >= 0.6 is 0 Å². The number of hydrogen-bond acceptors (Lipinski definition) is 6. The highest BCUT2D eigenvalue weighted by Gasteiger charge is 2.17. The first-order valence-electron chi connectivity index (χ1n) is 21.3. The maximum absolute atomic E-state index is 6.24. The Balaban J connectivity index is 0.972. The van der Waals surface area contributed by atoms with E-state index in [1.165, 1.54) is 0 Å². The molecule has 0 aliphatic rings. The lowest BCUT2D eigenvalue weighted by Crippen LogP contribution is -1.97. The molecule has 0 atom stereocenters. The number of furan rings is 2. The first-order chi connectivity index (χ1) is 31.6. The van der Waals surface area contributed by atoms with Crippen molar-refractivity contribution in [1.29, 1.82) is 0 Å². The van der Waals surface area contributed by atoms with Crippen molar-refractivity contribution in [2.24, 2.45) is 0 Å². The molecular formula is C58H34N4O2. The number of rotatable bonds is 6. The van der Waals surface area contributed by atoms with Crippen LogP contribution in [-0.2, 0) is 0 Å². The molecule has 8 aromatic carbocycles. The highest BCUT2D eigenvalue weighted by molar-refractivity contribution is 6.08. The van der Waals surface area contributed by atoms with Crippen LogP contribution in [0, 0.1) is 0 Å². The summed E-state index contributed by atoms with van der Waals surface area (Å²) in [4.78, 5) is 20.3. The quantitative estimate of drug-likeness (QED) is 0.156. The van der Waals surface area contributed by atoms with Gasteiger partial charge in [-0.25, -0.2) is 15.0 Å². The van der Waals surface area contributed by atoms with Gasteiger partial charge in [0.1, 0.15) is 22.3 Å². The van der Waals surface area contributed by atoms with Gasteiger partial charge in [0.05, 0.1) is 28.1 Å². The van der Waals surface area contributed by atoms with Gasteiger partial charge in [-0.3, -0.25) is 4.98 Å². The predicted octanol–water partition coefficient (Wildman–Crippen LogP) is 15.4. The molecule has 6 heteroatoms. The van der Waals surface area contributed by atoms with Gasteiger partial charge in [0.25, 0.3) is 0 Å². The smallest absolute Gasteiger partial charge is 0.160 e. The van der Waals surface area contributed by atoms with E-state index in [2.05, 4.69) is 157 Å². The Morgan fingerprint density at radius 1 is 0.281 bits per heavy atom. The van der Waals surface area contributed by atoms with Crippen molar-refractivity contribution in [2.75, 3.05) is 0 Å². The zero-order valence-corrected chi connectivity index (χ0v) is 34.2. The molecule has 0 saturated heterocycles. The molecule has 13 rings (SSSR count). The van der Waals surface area contributed by atoms with Crippen LogP contribution < -0.4 is 0 Å². The monoisotopic (exact) mass is 818 g/mol. The first kappa shape index (κ1) is 36.0. The van der Waals surface area contributed by atoms with E-state index >= 15 is 0 Å². The molecule has 6 nitrogen and oxygen atoms in total. The van der Waals surface area contributed by atoms with Gasteiger partial charge < -0.3 is 8.83 Å². The number of para-hydroxylation sites is 2. The highest BCUT2D eigenvalue weighted by Crippen LogP contribution is 2.39. The molecule has 0 saturated carbocycles. The van der Waals surface area contributed by atoms with E-state index in [9.17, 15) is 0 Å². The van der Waals surface area contributed by atoms with Crippen molar-refractivity contribution in [3.8, 4) is 67.4 Å². The van der Waals surface area contributed by atoms with Crippen molar-refractivity contribution in [2.45, 2.75) is 0 Å². The van der Waals surface area contributed by atoms with Crippen LogP contribution in [0.2, 0.25) is 0 Å². The summed E-state index contributed by atoms with van der Waals surface area (Å²) in [6.45, 7) is 0. The lowest BCUT2D eigenvalue weighted by molar-refractivity contribution is 0.668. The van der Waals surface area contributed by atoms with Crippen molar-refractivity contribution in [3.05, 3.63) is 206 Å².